The molecule has 2 aliphatic carbocycles. The summed E-state index contributed by atoms with van der Waals surface area (Å²) < 4.78 is 5.33. The number of amides is 1. The van der Waals surface area contributed by atoms with Crippen LogP contribution in [0, 0.1) is 0 Å². The third kappa shape index (κ3) is 2.26. The molecule has 0 bridgehead atoms. The number of rotatable bonds is 3. The highest BCUT2D eigenvalue weighted by Gasteiger charge is 2.29. The van der Waals surface area contributed by atoms with E-state index in [1.807, 2.05) is 18.2 Å². The predicted octanol–water partition coefficient (Wildman–Crippen LogP) is 2.87. The Kier molecular flexibility index (Phi) is 2.70. The van der Waals surface area contributed by atoms with Crippen LogP contribution in [0.4, 0.5) is 4.79 Å². The highest BCUT2D eigenvalue weighted by atomic mass is 16.5. The molecule has 1 atom stereocenters. The topological polar surface area (TPSA) is 88.2 Å². The Labute approximate surface area is 121 Å². The second-order valence-corrected chi connectivity index (χ2v) is 5.69. The zero-order valence-corrected chi connectivity index (χ0v) is 11.4. The standard InChI is InChI=1S/C15H15N3O3/c19-15(20)16-12-6-4-9-7-10(3-5-11(9)12)14-17-13(18-21-14)8-1-2-8/h3,5,7-8,12,16H,1-2,4,6H2,(H,19,20). The average molecular weight is 285 g/mol. The molecule has 0 radical (unpaired) electrons. The van der Waals surface area contributed by atoms with Crippen LogP contribution in [0.3, 0.4) is 0 Å². The normalized spacial score (nSPS) is 20.3. The van der Waals surface area contributed by atoms with Gasteiger partial charge in [0.1, 0.15) is 0 Å². The summed E-state index contributed by atoms with van der Waals surface area (Å²) in [6, 6.07) is 5.80. The molecule has 1 aromatic carbocycles. The van der Waals surface area contributed by atoms with Gasteiger partial charge in [-0.15, -0.1) is 0 Å². The molecule has 21 heavy (non-hydrogen) atoms. The van der Waals surface area contributed by atoms with Gasteiger partial charge in [-0.25, -0.2) is 4.79 Å². The molecule has 1 fully saturated rings. The van der Waals surface area contributed by atoms with Crippen LogP contribution in [0.15, 0.2) is 22.7 Å². The lowest BCUT2D eigenvalue weighted by Gasteiger charge is -2.11. The molecular formula is C15H15N3O3. The summed E-state index contributed by atoms with van der Waals surface area (Å²) >= 11 is 0. The maximum absolute atomic E-state index is 10.8. The number of fused-ring (bicyclic) bond motifs is 1. The van der Waals surface area contributed by atoms with Crippen LogP contribution in [0.1, 0.15) is 48.2 Å². The molecule has 1 saturated carbocycles. The lowest BCUT2D eigenvalue weighted by molar-refractivity contribution is 0.190. The van der Waals surface area contributed by atoms with E-state index in [2.05, 4.69) is 15.5 Å². The van der Waals surface area contributed by atoms with E-state index >= 15 is 0 Å². The summed E-state index contributed by atoms with van der Waals surface area (Å²) in [6.07, 6.45) is 2.96. The first-order valence-electron chi connectivity index (χ1n) is 7.17. The number of carbonyl (C=O) groups is 1. The van der Waals surface area contributed by atoms with Crippen LogP contribution in [0.25, 0.3) is 11.5 Å². The second-order valence-electron chi connectivity index (χ2n) is 5.69. The van der Waals surface area contributed by atoms with Gasteiger partial charge in [0.15, 0.2) is 5.82 Å². The largest absolute Gasteiger partial charge is 0.465 e. The fraction of sp³-hybridized carbons (Fsp3) is 0.400. The number of aryl methyl sites for hydroxylation is 1. The van der Waals surface area contributed by atoms with Crippen molar-refractivity contribution < 1.29 is 14.4 Å². The van der Waals surface area contributed by atoms with Crippen LogP contribution in [-0.4, -0.2) is 21.3 Å². The third-order valence-corrected chi connectivity index (χ3v) is 4.15. The number of nitrogens with one attached hydrogen (secondary N) is 1. The molecule has 1 unspecified atom stereocenters. The van der Waals surface area contributed by atoms with Gasteiger partial charge in [0.05, 0.1) is 6.04 Å². The zero-order valence-electron chi connectivity index (χ0n) is 11.4. The Morgan fingerprint density at radius 3 is 2.95 bits per heavy atom. The predicted molar refractivity (Wildman–Crippen MR) is 73.9 cm³/mol. The molecule has 1 aromatic heterocycles. The first-order chi connectivity index (χ1) is 10.2. The molecule has 0 saturated heterocycles. The molecule has 0 spiro atoms. The van der Waals surface area contributed by atoms with Crippen molar-refractivity contribution in [3.8, 4) is 11.5 Å². The van der Waals surface area contributed by atoms with Crippen molar-refractivity contribution in [1.29, 1.82) is 0 Å². The number of carboxylic acid groups (broad SMARTS) is 1. The molecule has 108 valence electrons. The maximum Gasteiger partial charge on any atom is 0.405 e. The summed E-state index contributed by atoms with van der Waals surface area (Å²) in [5, 5.41) is 15.4. The number of benzene rings is 1. The van der Waals surface area contributed by atoms with E-state index in [0.29, 0.717) is 11.8 Å². The number of aromatic nitrogens is 2. The van der Waals surface area contributed by atoms with Crippen molar-refractivity contribution >= 4 is 6.09 Å². The molecular weight excluding hydrogens is 270 g/mol. The molecule has 2 N–H and O–H groups in total. The van der Waals surface area contributed by atoms with Crippen LogP contribution >= 0.6 is 0 Å². The Morgan fingerprint density at radius 2 is 2.19 bits per heavy atom. The van der Waals surface area contributed by atoms with E-state index in [9.17, 15) is 4.79 Å². The molecule has 1 heterocycles. The maximum atomic E-state index is 10.8. The summed E-state index contributed by atoms with van der Waals surface area (Å²) in [5.41, 5.74) is 3.10. The van der Waals surface area contributed by atoms with Crippen molar-refractivity contribution in [2.75, 3.05) is 0 Å². The van der Waals surface area contributed by atoms with E-state index in [4.69, 9.17) is 9.63 Å². The van der Waals surface area contributed by atoms with Crippen molar-refractivity contribution in [2.45, 2.75) is 37.6 Å². The van der Waals surface area contributed by atoms with Gasteiger partial charge in [-0.2, -0.15) is 4.98 Å². The van der Waals surface area contributed by atoms with Gasteiger partial charge >= 0.3 is 6.09 Å². The Morgan fingerprint density at radius 1 is 1.33 bits per heavy atom. The van der Waals surface area contributed by atoms with Crippen molar-refractivity contribution in [2.24, 2.45) is 0 Å². The van der Waals surface area contributed by atoms with E-state index in [1.54, 1.807) is 0 Å². The lowest BCUT2D eigenvalue weighted by atomic mass is 10.0. The Bertz CT molecular complexity index is 706. The van der Waals surface area contributed by atoms with Gasteiger partial charge in [0, 0.05) is 11.5 Å². The summed E-state index contributed by atoms with van der Waals surface area (Å²) in [7, 11) is 0. The molecule has 0 aliphatic heterocycles. The van der Waals surface area contributed by atoms with Crippen LogP contribution < -0.4 is 5.32 Å². The van der Waals surface area contributed by atoms with Gasteiger partial charge < -0.3 is 14.9 Å². The van der Waals surface area contributed by atoms with E-state index in [-0.39, 0.29) is 6.04 Å². The lowest BCUT2D eigenvalue weighted by Crippen LogP contribution is -2.24. The molecule has 1 amide bonds. The third-order valence-electron chi connectivity index (χ3n) is 4.15. The molecule has 6 nitrogen and oxygen atoms in total. The van der Waals surface area contributed by atoms with Crippen molar-refractivity contribution in [3.63, 3.8) is 0 Å². The molecule has 4 rings (SSSR count). The van der Waals surface area contributed by atoms with Crippen molar-refractivity contribution in [3.05, 3.63) is 35.2 Å². The monoisotopic (exact) mass is 285 g/mol. The molecule has 2 aliphatic rings. The zero-order chi connectivity index (χ0) is 14.4. The van der Waals surface area contributed by atoms with E-state index < -0.39 is 6.09 Å². The van der Waals surface area contributed by atoms with Crippen molar-refractivity contribution in [1.82, 2.24) is 15.5 Å². The molecule has 6 heteroatoms. The fourth-order valence-corrected chi connectivity index (χ4v) is 2.91. The Hall–Kier alpha value is -2.37. The van der Waals surface area contributed by atoms with Gasteiger partial charge in [-0.1, -0.05) is 11.2 Å². The number of hydrogen-bond donors (Lipinski definition) is 2. The van der Waals surface area contributed by atoms with Crippen LogP contribution in [0.5, 0.6) is 0 Å². The smallest absolute Gasteiger partial charge is 0.405 e. The van der Waals surface area contributed by atoms with Gasteiger partial charge in [0.25, 0.3) is 5.89 Å². The van der Waals surface area contributed by atoms with E-state index in [1.165, 1.54) is 0 Å². The summed E-state index contributed by atoms with van der Waals surface area (Å²) in [4.78, 5) is 15.2. The minimum atomic E-state index is -0.983. The number of nitrogens with zero attached hydrogens (tertiary/aromatic N) is 2. The van der Waals surface area contributed by atoms with Gasteiger partial charge in [-0.05, 0) is 48.9 Å². The number of hydrogen-bond acceptors (Lipinski definition) is 4. The van der Waals surface area contributed by atoms with Gasteiger partial charge in [-0.3, -0.25) is 0 Å². The average Bonchev–Trinajstić information content (AvgIpc) is 3.07. The fourth-order valence-electron chi connectivity index (χ4n) is 2.91. The minimum absolute atomic E-state index is 0.115. The quantitative estimate of drug-likeness (QED) is 0.905. The highest BCUT2D eigenvalue weighted by molar-refractivity contribution is 5.66. The van der Waals surface area contributed by atoms with Crippen LogP contribution in [0.2, 0.25) is 0 Å². The highest BCUT2D eigenvalue weighted by Crippen LogP contribution is 2.39. The first-order valence-corrected chi connectivity index (χ1v) is 7.17. The van der Waals surface area contributed by atoms with Crippen LogP contribution in [-0.2, 0) is 6.42 Å². The summed E-state index contributed by atoms with van der Waals surface area (Å²) in [6.45, 7) is 0. The second kappa shape index (κ2) is 4.58. The first kappa shape index (κ1) is 12.4. The van der Waals surface area contributed by atoms with Gasteiger partial charge in [0.2, 0.25) is 0 Å². The molecule has 2 aromatic rings. The Balaban J connectivity index is 1.61. The SMILES string of the molecule is O=C(O)NC1CCc2cc(-c3nc(C4CC4)no3)ccc21. The minimum Gasteiger partial charge on any atom is -0.465 e. The van der Waals surface area contributed by atoms with E-state index in [0.717, 1.165) is 48.2 Å². The summed E-state index contributed by atoms with van der Waals surface area (Å²) in [5.74, 6) is 1.83.